The summed E-state index contributed by atoms with van der Waals surface area (Å²) in [6.45, 7) is 3.77. The SMILES string of the molecule is CCCCNC(=O)N1C[C@H](C(=O)NCCc2ccc(OC)cc2)CC[C@@H]1c1ccccc1. The molecule has 1 aliphatic rings. The number of urea groups is 1. The van der Waals surface area contributed by atoms with Crippen LogP contribution in [-0.2, 0) is 11.2 Å². The molecular weight excluding hydrogens is 402 g/mol. The third-order valence-corrected chi connectivity index (χ3v) is 6.08. The first-order valence-corrected chi connectivity index (χ1v) is 11.6. The van der Waals surface area contributed by atoms with Crippen LogP contribution in [-0.4, -0.2) is 43.6 Å². The molecule has 1 aliphatic heterocycles. The van der Waals surface area contributed by atoms with Gasteiger partial charge < -0.3 is 20.3 Å². The fourth-order valence-corrected chi connectivity index (χ4v) is 4.17. The first-order chi connectivity index (χ1) is 15.6. The third kappa shape index (κ3) is 6.49. The van der Waals surface area contributed by atoms with Gasteiger partial charge in [-0.05, 0) is 48.9 Å². The number of hydrogen-bond donors (Lipinski definition) is 2. The van der Waals surface area contributed by atoms with Crippen molar-refractivity contribution in [3.05, 3.63) is 65.7 Å². The second kappa shape index (κ2) is 12.1. The molecule has 1 fully saturated rings. The van der Waals surface area contributed by atoms with Crippen LogP contribution >= 0.6 is 0 Å². The fraction of sp³-hybridized carbons (Fsp3) is 0.462. The largest absolute Gasteiger partial charge is 0.497 e. The lowest BCUT2D eigenvalue weighted by molar-refractivity contribution is -0.126. The van der Waals surface area contributed by atoms with Gasteiger partial charge in [0.15, 0.2) is 0 Å². The number of methoxy groups -OCH3 is 1. The van der Waals surface area contributed by atoms with Crippen molar-refractivity contribution in [3.63, 3.8) is 0 Å². The Labute approximate surface area is 191 Å². The number of carbonyl (C=O) groups is 2. The molecule has 0 radical (unpaired) electrons. The molecule has 3 amide bonds. The highest BCUT2D eigenvalue weighted by molar-refractivity contribution is 5.81. The average molecular weight is 438 g/mol. The molecule has 0 aliphatic carbocycles. The van der Waals surface area contributed by atoms with Crippen LogP contribution in [0.25, 0.3) is 0 Å². The molecule has 0 unspecified atom stereocenters. The quantitative estimate of drug-likeness (QED) is 0.574. The van der Waals surface area contributed by atoms with E-state index in [9.17, 15) is 9.59 Å². The van der Waals surface area contributed by atoms with E-state index in [0.717, 1.165) is 49.0 Å². The van der Waals surface area contributed by atoms with Crippen LogP contribution in [0.4, 0.5) is 4.79 Å². The van der Waals surface area contributed by atoms with Crippen LogP contribution in [0, 0.1) is 5.92 Å². The summed E-state index contributed by atoms with van der Waals surface area (Å²) in [7, 11) is 1.65. The molecule has 0 spiro atoms. The summed E-state index contributed by atoms with van der Waals surface area (Å²) >= 11 is 0. The van der Waals surface area contributed by atoms with Gasteiger partial charge in [0.05, 0.1) is 19.1 Å². The molecule has 0 aromatic heterocycles. The lowest BCUT2D eigenvalue weighted by Gasteiger charge is -2.39. The van der Waals surface area contributed by atoms with E-state index in [-0.39, 0.29) is 23.9 Å². The first-order valence-electron chi connectivity index (χ1n) is 11.6. The molecule has 6 heteroatoms. The Balaban J connectivity index is 1.58. The lowest BCUT2D eigenvalue weighted by atomic mass is 9.88. The highest BCUT2D eigenvalue weighted by Gasteiger charge is 2.35. The summed E-state index contributed by atoms with van der Waals surface area (Å²) in [5, 5.41) is 6.10. The Morgan fingerprint density at radius 2 is 1.75 bits per heavy atom. The second-order valence-electron chi connectivity index (χ2n) is 8.33. The van der Waals surface area contributed by atoms with Crippen LogP contribution < -0.4 is 15.4 Å². The second-order valence-corrected chi connectivity index (χ2v) is 8.33. The van der Waals surface area contributed by atoms with E-state index in [4.69, 9.17) is 4.74 Å². The zero-order valence-corrected chi connectivity index (χ0v) is 19.2. The minimum atomic E-state index is -0.192. The number of amides is 3. The average Bonchev–Trinajstić information content (AvgIpc) is 2.84. The van der Waals surface area contributed by atoms with Crippen molar-refractivity contribution in [3.8, 4) is 5.75 Å². The van der Waals surface area contributed by atoms with E-state index in [1.54, 1.807) is 7.11 Å². The number of piperidine rings is 1. The number of ether oxygens (including phenoxy) is 1. The van der Waals surface area contributed by atoms with Crippen molar-refractivity contribution in [2.75, 3.05) is 26.7 Å². The standard InChI is InChI=1S/C26H35N3O3/c1-3-4-17-28-26(31)29-19-22(12-15-24(29)21-8-6-5-7-9-21)25(30)27-18-16-20-10-13-23(32-2)14-11-20/h5-11,13-14,22,24H,3-4,12,15-19H2,1-2H3,(H,27,30)(H,28,31)/t22-,24-/m1/s1. The van der Waals surface area contributed by atoms with E-state index in [2.05, 4.69) is 29.7 Å². The highest BCUT2D eigenvalue weighted by Crippen LogP contribution is 2.33. The zero-order chi connectivity index (χ0) is 22.8. The molecular formula is C26H35N3O3. The van der Waals surface area contributed by atoms with Crippen molar-refractivity contribution in [1.82, 2.24) is 15.5 Å². The number of likely N-dealkylation sites (tertiary alicyclic amines) is 1. The van der Waals surface area contributed by atoms with Gasteiger partial charge in [-0.15, -0.1) is 0 Å². The maximum Gasteiger partial charge on any atom is 0.317 e. The summed E-state index contributed by atoms with van der Waals surface area (Å²) in [6.07, 6.45) is 4.29. The molecule has 172 valence electrons. The maximum absolute atomic E-state index is 12.9. The Hall–Kier alpha value is -3.02. The molecule has 32 heavy (non-hydrogen) atoms. The van der Waals surface area contributed by atoms with Crippen LogP contribution in [0.2, 0.25) is 0 Å². The van der Waals surface area contributed by atoms with Gasteiger partial charge in [-0.1, -0.05) is 55.8 Å². The molecule has 0 bridgehead atoms. The van der Waals surface area contributed by atoms with E-state index in [1.165, 1.54) is 0 Å². The number of rotatable bonds is 9. The minimum Gasteiger partial charge on any atom is -0.497 e. The Morgan fingerprint density at radius 1 is 1.00 bits per heavy atom. The molecule has 2 N–H and O–H groups in total. The minimum absolute atomic E-state index is 0.00109. The number of benzene rings is 2. The Bertz CT molecular complexity index is 854. The number of unbranched alkanes of at least 4 members (excludes halogenated alkanes) is 1. The van der Waals surface area contributed by atoms with Crippen molar-refractivity contribution in [2.45, 2.75) is 45.1 Å². The summed E-state index contributed by atoms with van der Waals surface area (Å²) < 4.78 is 5.18. The molecule has 2 aromatic carbocycles. The van der Waals surface area contributed by atoms with E-state index >= 15 is 0 Å². The van der Waals surface area contributed by atoms with Gasteiger partial charge in [-0.3, -0.25) is 4.79 Å². The molecule has 1 heterocycles. The normalized spacial score (nSPS) is 18.1. The molecule has 2 aromatic rings. The van der Waals surface area contributed by atoms with Gasteiger partial charge in [0.2, 0.25) is 5.91 Å². The number of nitrogens with one attached hydrogen (secondary N) is 2. The Morgan fingerprint density at radius 3 is 2.44 bits per heavy atom. The molecule has 3 rings (SSSR count). The van der Waals surface area contributed by atoms with Crippen molar-refractivity contribution in [2.24, 2.45) is 5.92 Å². The van der Waals surface area contributed by atoms with Crippen LogP contribution in [0.5, 0.6) is 5.75 Å². The summed E-state index contributed by atoms with van der Waals surface area (Å²) in [6, 6.07) is 17.9. The monoisotopic (exact) mass is 437 g/mol. The summed E-state index contributed by atoms with van der Waals surface area (Å²) in [4.78, 5) is 27.7. The Kier molecular flexibility index (Phi) is 8.96. The number of nitrogens with zero attached hydrogens (tertiary/aromatic N) is 1. The highest BCUT2D eigenvalue weighted by atomic mass is 16.5. The predicted octanol–water partition coefficient (Wildman–Crippen LogP) is 4.32. The fourth-order valence-electron chi connectivity index (χ4n) is 4.17. The lowest BCUT2D eigenvalue weighted by Crippen LogP contribution is -2.50. The van der Waals surface area contributed by atoms with Crippen LogP contribution in [0.1, 0.15) is 49.8 Å². The van der Waals surface area contributed by atoms with E-state index in [1.807, 2.05) is 47.4 Å². The van der Waals surface area contributed by atoms with Crippen molar-refractivity contribution < 1.29 is 14.3 Å². The maximum atomic E-state index is 12.9. The molecule has 1 saturated heterocycles. The van der Waals surface area contributed by atoms with Crippen LogP contribution in [0.3, 0.4) is 0 Å². The predicted molar refractivity (Wildman–Crippen MR) is 127 cm³/mol. The summed E-state index contributed by atoms with van der Waals surface area (Å²) in [5.41, 5.74) is 2.27. The topological polar surface area (TPSA) is 70.7 Å². The van der Waals surface area contributed by atoms with Crippen LogP contribution in [0.15, 0.2) is 54.6 Å². The van der Waals surface area contributed by atoms with Crippen molar-refractivity contribution in [1.29, 1.82) is 0 Å². The molecule has 0 saturated carbocycles. The van der Waals surface area contributed by atoms with Gasteiger partial charge in [0.25, 0.3) is 0 Å². The van der Waals surface area contributed by atoms with Gasteiger partial charge in [0.1, 0.15) is 5.75 Å². The molecule has 2 atom stereocenters. The smallest absolute Gasteiger partial charge is 0.317 e. The van der Waals surface area contributed by atoms with Crippen molar-refractivity contribution >= 4 is 11.9 Å². The molecule has 6 nitrogen and oxygen atoms in total. The van der Waals surface area contributed by atoms with E-state index in [0.29, 0.717) is 19.6 Å². The third-order valence-electron chi connectivity index (χ3n) is 6.08. The van der Waals surface area contributed by atoms with E-state index < -0.39 is 0 Å². The van der Waals surface area contributed by atoms with Gasteiger partial charge in [0, 0.05) is 19.6 Å². The van der Waals surface area contributed by atoms with Gasteiger partial charge >= 0.3 is 6.03 Å². The zero-order valence-electron chi connectivity index (χ0n) is 19.2. The summed E-state index contributed by atoms with van der Waals surface area (Å²) in [5.74, 6) is 0.657. The first kappa shape index (κ1) is 23.6. The number of hydrogen-bond acceptors (Lipinski definition) is 3. The number of carbonyl (C=O) groups excluding carboxylic acids is 2. The van der Waals surface area contributed by atoms with Gasteiger partial charge in [-0.25, -0.2) is 4.79 Å². The van der Waals surface area contributed by atoms with Gasteiger partial charge in [-0.2, -0.15) is 0 Å².